The van der Waals surface area contributed by atoms with Gasteiger partial charge in [0, 0.05) is 0 Å². The lowest BCUT2D eigenvalue weighted by Crippen LogP contribution is -1.92. The Hall–Kier alpha value is -0.440. The van der Waals surface area contributed by atoms with Gasteiger partial charge in [0.25, 0.3) is 0 Å². The summed E-state index contributed by atoms with van der Waals surface area (Å²) in [5, 5.41) is 0. The number of hydrogen-bond acceptors (Lipinski definition) is 0. The summed E-state index contributed by atoms with van der Waals surface area (Å²) in [6, 6.07) is 1.48. The van der Waals surface area contributed by atoms with Crippen LogP contribution in [0.1, 0.15) is 11.1 Å². The lowest BCUT2D eigenvalue weighted by Gasteiger charge is -2.03. The quantitative estimate of drug-likeness (QED) is 0.589. The van der Waals surface area contributed by atoms with Crippen molar-refractivity contribution in [1.29, 1.82) is 0 Å². The SMILES string of the molecule is Cc1cc(C)c(F)c(Br)c1F. The van der Waals surface area contributed by atoms with Crippen molar-refractivity contribution in [3.63, 3.8) is 0 Å². The van der Waals surface area contributed by atoms with Gasteiger partial charge in [-0.2, -0.15) is 0 Å². The lowest BCUT2D eigenvalue weighted by molar-refractivity contribution is 0.560. The highest BCUT2D eigenvalue weighted by Crippen LogP contribution is 2.24. The van der Waals surface area contributed by atoms with Gasteiger partial charge in [0.15, 0.2) is 0 Å². The molecule has 11 heavy (non-hydrogen) atoms. The molecule has 0 fully saturated rings. The third-order valence-corrected chi connectivity index (χ3v) is 2.21. The van der Waals surface area contributed by atoms with Gasteiger partial charge in [-0.05, 0) is 40.9 Å². The van der Waals surface area contributed by atoms with Crippen LogP contribution in [-0.2, 0) is 0 Å². The molecule has 0 spiro atoms. The number of benzene rings is 1. The van der Waals surface area contributed by atoms with Crippen molar-refractivity contribution >= 4 is 15.9 Å². The van der Waals surface area contributed by atoms with E-state index in [1.165, 1.54) is 6.07 Å². The van der Waals surface area contributed by atoms with Crippen LogP contribution in [0.4, 0.5) is 8.78 Å². The summed E-state index contributed by atoms with van der Waals surface area (Å²) >= 11 is 2.83. The van der Waals surface area contributed by atoms with Gasteiger partial charge >= 0.3 is 0 Å². The first kappa shape index (κ1) is 8.65. The molecular formula is C8H7BrF2. The Balaban J connectivity index is 3.46. The molecule has 1 aromatic carbocycles. The minimum absolute atomic E-state index is 0.0741. The third kappa shape index (κ3) is 1.43. The van der Waals surface area contributed by atoms with Crippen molar-refractivity contribution < 1.29 is 8.78 Å². The maximum atomic E-state index is 12.9. The van der Waals surface area contributed by atoms with E-state index in [9.17, 15) is 8.78 Å². The topological polar surface area (TPSA) is 0 Å². The Bertz CT molecular complexity index is 268. The molecule has 1 rings (SSSR count). The van der Waals surface area contributed by atoms with Gasteiger partial charge in [-0.25, -0.2) is 8.78 Å². The van der Waals surface area contributed by atoms with Crippen molar-refractivity contribution in [2.24, 2.45) is 0 Å². The molecule has 0 saturated heterocycles. The Kier molecular flexibility index (Phi) is 2.28. The molecular weight excluding hydrogens is 214 g/mol. The fourth-order valence-corrected chi connectivity index (χ4v) is 1.52. The summed E-state index contributed by atoms with van der Waals surface area (Å²) in [5.74, 6) is -1.04. The molecule has 0 N–H and O–H groups in total. The predicted molar refractivity (Wildman–Crippen MR) is 43.5 cm³/mol. The average molecular weight is 221 g/mol. The van der Waals surface area contributed by atoms with E-state index in [1.807, 2.05) is 0 Å². The fourth-order valence-electron chi connectivity index (χ4n) is 0.894. The molecule has 0 radical (unpaired) electrons. The molecule has 0 heterocycles. The van der Waals surface area contributed by atoms with Gasteiger partial charge in [0.2, 0.25) is 0 Å². The summed E-state index contributed by atoms with van der Waals surface area (Å²) in [6.45, 7) is 3.21. The summed E-state index contributed by atoms with van der Waals surface area (Å²) in [4.78, 5) is 0. The van der Waals surface area contributed by atoms with E-state index in [1.54, 1.807) is 13.8 Å². The second-order valence-electron chi connectivity index (χ2n) is 2.45. The summed E-state index contributed by atoms with van der Waals surface area (Å²) < 4.78 is 25.7. The molecule has 0 saturated carbocycles. The van der Waals surface area contributed by atoms with E-state index >= 15 is 0 Å². The molecule has 0 bridgehead atoms. The minimum atomic E-state index is -0.520. The van der Waals surface area contributed by atoms with Crippen LogP contribution in [0.2, 0.25) is 0 Å². The number of hydrogen-bond donors (Lipinski definition) is 0. The summed E-state index contributed by atoms with van der Waals surface area (Å²) in [6.07, 6.45) is 0. The summed E-state index contributed by atoms with van der Waals surface area (Å²) in [5.41, 5.74) is 0.909. The Morgan fingerprint density at radius 2 is 1.45 bits per heavy atom. The van der Waals surface area contributed by atoms with Crippen molar-refractivity contribution in [2.75, 3.05) is 0 Å². The molecule has 3 heteroatoms. The van der Waals surface area contributed by atoms with Crippen molar-refractivity contribution in [3.8, 4) is 0 Å². The van der Waals surface area contributed by atoms with Gasteiger partial charge in [-0.15, -0.1) is 0 Å². The van der Waals surface area contributed by atoms with E-state index in [0.717, 1.165) is 0 Å². The Morgan fingerprint density at radius 3 is 1.82 bits per heavy atom. The van der Waals surface area contributed by atoms with E-state index in [-0.39, 0.29) is 4.47 Å². The molecule has 0 aliphatic rings. The normalized spacial score (nSPS) is 10.3. The zero-order valence-electron chi connectivity index (χ0n) is 6.21. The molecule has 1 aromatic rings. The van der Waals surface area contributed by atoms with E-state index in [0.29, 0.717) is 11.1 Å². The van der Waals surface area contributed by atoms with Crippen LogP contribution < -0.4 is 0 Å². The Morgan fingerprint density at radius 1 is 1.09 bits per heavy atom. The second-order valence-corrected chi connectivity index (χ2v) is 3.25. The zero-order valence-corrected chi connectivity index (χ0v) is 7.80. The van der Waals surface area contributed by atoms with Crippen LogP contribution in [0.15, 0.2) is 10.5 Å². The van der Waals surface area contributed by atoms with Gasteiger partial charge in [-0.3, -0.25) is 0 Å². The largest absolute Gasteiger partial charge is 0.205 e. The van der Waals surface area contributed by atoms with Crippen LogP contribution in [0.5, 0.6) is 0 Å². The van der Waals surface area contributed by atoms with Crippen LogP contribution in [0.25, 0.3) is 0 Å². The van der Waals surface area contributed by atoms with Gasteiger partial charge in [-0.1, -0.05) is 6.07 Å². The highest BCUT2D eigenvalue weighted by atomic mass is 79.9. The average Bonchev–Trinajstić information content (AvgIpc) is 1.97. The fraction of sp³-hybridized carbons (Fsp3) is 0.250. The first-order valence-electron chi connectivity index (χ1n) is 3.14. The maximum Gasteiger partial charge on any atom is 0.143 e. The monoisotopic (exact) mass is 220 g/mol. The van der Waals surface area contributed by atoms with Crippen molar-refractivity contribution in [1.82, 2.24) is 0 Å². The summed E-state index contributed by atoms with van der Waals surface area (Å²) in [7, 11) is 0. The number of aryl methyl sites for hydroxylation is 2. The second kappa shape index (κ2) is 2.89. The van der Waals surface area contributed by atoms with Crippen molar-refractivity contribution in [3.05, 3.63) is 33.3 Å². The molecule has 0 amide bonds. The van der Waals surface area contributed by atoms with Crippen molar-refractivity contribution in [2.45, 2.75) is 13.8 Å². The molecule has 0 unspecified atom stereocenters. The molecule has 0 aliphatic heterocycles. The number of rotatable bonds is 0. The third-order valence-electron chi connectivity index (χ3n) is 1.51. The van der Waals surface area contributed by atoms with Crippen LogP contribution in [0.3, 0.4) is 0 Å². The lowest BCUT2D eigenvalue weighted by atomic mass is 10.1. The molecule has 0 aliphatic carbocycles. The Labute approximate surface area is 72.4 Å². The van der Waals surface area contributed by atoms with Crippen LogP contribution >= 0.6 is 15.9 Å². The molecule has 60 valence electrons. The predicted octanol–water partition coefficient (Wildman–Crippen LogP) is 3.34. The zero-order chi connectivity index (χ0) is 8.59. The standard InChI is InChI=1S/C8H7BrF2/c1-4-3-5(2)8(11)6(9)7(4)10/h3H,1-2H3. The molecule has 0 nitrogen and oxygen atoms in total. The minimum Gasteiger partial charge on any atom is -0.205 e. The molecule has 0 aromatic heterocycles. The van der Waals surface area contributed by atoms with Gasteiger partial charge in [0.1, 0.15) is 11.6 Å². The first-order chi connectivity index (χ1) is 5.04. The highest BCUT2D eigenvalue weighted by Gasteiger charge is 2.10. The van der Waals surface area contributed by atoms with E-state index < -0.39 is 11.6 Å². The van der Waals surface area contributed by atoms with Gasteiger partial charge in [0.05, 0.1) is 4.47 Å². The number of halogens is 3. The highest BCUT2D eigenvalue weighted by molar-refractivity contribution is 9.10. The van der Waals surface area contributed by atoms with Gasteiger partial charge < -0.3 is 0 Å². The first-order valence-corrected chi connectivity index (χ1v) is 3.94. The molecule has 0 atom stereocenters. The maximum absolute atomic E-state index is 12.9. The van der Waals surface area contributed by atoms with E-state index in [4.69, 9.17) is 0 Å². The van der Waals surface area contributed by atoms with Crippen LogP contribution in [-0.4, -0.2) is 0 Å². The smallest absolute Gasteiger partial charge is 0.143 e. The van der Waals surface area contributed by atoms with E-state index in [2.05, 4.69) is 15.9 Å². The van der Waals surface area contributed by atoms with Crippen LogP contribution in [0, 0.1) is 25.5 Å².